The molecule has 1 aromatic heterocycles. The smallest absolute Gasteiger partial charge is 0.337 e. The first-order valence-electron chi connectivity index (χ1n) is 5.57. The first kappa shape index (κ1) is 12.3. The number of nitrogens with one attached hydrogen (secondary N) is 2. The van der Waals surface area contributed by atoms with Crippen molar-refractivity contribution in [3.8, 4) is 0 Å². The van der Waals surface area contributed by atoms with Crippen LogP contribution in [0, 0.1) is 0 Å². The molecule has 0 aliphatic carbocycles. The van der Waals surface area contributed by atoms with Crippen LogP contribution in [0.2, 0.25) is 0 Å². The molecule has 0 saturated heterocycles. The molecule has 1 aromatic rings. The summed E-state index contributed by atoms with van der Waals surface area (Å²) in [4.78, 5) is 18.8. The Bertz CT molecular complexity index is 475. The molecule has 0 amide bonds. The molecular weight excluding hydrogens is 236 g/mol. The third-order valence-electron chi connectivity index (χ3n) is 2.48. The van der Waals surface area contributed by atoms with Gasteiger partial charge in [0.1, 0.15) is 0 Å². The van der Waals surface area contributed by atoms with Gasteiger partial charge in [0.15, 0.2) is 5.96 Å². The van der Waals surface area contributed by atoms with E-state index in [1.54, 1.807) is 0 Å². The van der Waals surface area contributed by atoms with E-state index in [1.807, 2.05) is 0 Å². The van der Waals surface area contributed by atoms with Gasteiger partial charge in [-0.05, 0) is 12.5 Å². The van der Waals surface area contributed by atoms with Gasteiger partial charge in [0.25, 0.3) is 0 Å². The minimum Gasteiger partial charge on any atom is -0.478 e. The molecule has 18 heavy (non-hydrogen) atoms. The predicted octanol–water partition coefficient (Wildman–Crippen LogP) is -0.0981. The average Bonchev–Trinajstić information content (AvgIpc) is 2.55. The number of aliphatic imine (C=N–C) groups is 1. The largest absolute Gasteiger partial charge is 0.478 e. The molecule has 2 heterocycles. The maximum Gasteiger partial charge on any atom is 0.337 e. The van der Waals surface area contributed by atoms with Crippen LogP contribution >= 0.6 is 0 Å². The van der Waals surface area contributed by atoms with Crippen molar-refractivity contribution in [3.05, 3.63) is 24.0 Å². The van der Waals surface area contributed by atoms with Crippen LogP contribution in [0.25, 0.3) is 0 Å². The quantitative estimate of drug-likeness (QED) is 0.584. The molecule has 1 aliphatic heterocycles. The van der Waals surface area contributed by atoms with Crippen molar-refractivity contribution in [2.75, 3.05) is 18.4 Å². The lowest BCUT2D eigenvalue weighted by atomic mass is 10.2. The molecule has 0 aromatic carbocycles. The number of pyridine rings is 1. The van der Waals surface area contributed by atoms with Gasteiger partial charge in [-0.3, -0.25) is 9.98 Å². The molecule has 0 fully saturated rings. The summed E-state index contributed by atoms with van der Waals surface area (Å²) in [5.74, 6) is -0.520. The molecule has 96 valence electrons. The van der Waals surface area contributed by atoms with E-state index in [0.717, 1.165) is 0 Å². The van der Waals surface area contributed by atoms with Gasteiger partial charge >= 0.3 is 5.97 Å². The summed E-state index contributed by atoms with van der Waals surface area (Å²) in [5.41, 5.74) is 0.645. The van der Waals surface area contributed by atoms with E-state index in [9.17, 15) is 9.90 Å². The Kier molecular flexibility index (Phi) is 3.73. The topological polar surface area (TPSA) is 107 Å². The van der Waals surface area contributed by atoms with E-state index < -0.39 is 12.1 Å². The number of aromatic nitrogens is 1. The second kappa shape index (κ2) is 5.46. The van der Waals surface area contributed by atoms with Crippen molar-refractivity contribution in [1.82, 2.24) is 10.3 Å². The van der Waals surface area contributed by atoms with Gasteiger partial charge in [0, 0.05) is 12.7 Å². The zero-order chi connectivity index (χ0) is 13.0. The van der Waals surface area contributed by atoms with Crippen molar-refractivity contribution in [1.29, 1.82) is 0 Å². The first-order valence-corrected chi connectivity index (χ1v) is 5.57. The van der Waals surface area contributed by atoms with Crippen LogP contribution in [0.5, 0.6) is 0 Å². The van der Waals surface area contributed by atoms with E-state index in [1.165, 1.54) is 18.5 Å². The summed E-state index contributed by atoms with van der Waals surface area (Å²) in [6, 6.07) is 1.47. The second-order valence-corrected chi connectivity index (χ2v) is 3.95. The molecular formula is C11H14N4O3. The maximum atomic E-state index is 10.8. The number of guanidine groups is 1. The number of aromatic carboxylic acids is 1. The van der Waals surface area contributed by atoms with Gasteiger partial charge in [-0.25, -0.2) is 4.79 Å². The normalized spacial score (nSPS) is 19.4. The Balaban J connectivity index is 2.09. The number of aliphatic hydroxyl groups excluding tert-OH is 1. The molecule has 7 nitrogen and oxygen atoms in total. The zero-order valence-corrected chi connectivity index (χ0v) is 9.63. The van der Waals surface area contributed by atoms with E-state index in [-0.39, 0.29) is 5.56 Å². The van der Waals surface area contributed by atoms with Gasteiger partial charge in [-0.15, -0.1) is 0 Å². The summed E-state index contributed by atoms with van der Waals surface area (Å²) in [6.07, 6.45) is 2.97. The van der Waals surface area contributed by atoms with Crippen LogP contribution in [-0.2, 0) is 0 Å². The standard InChI is InChI=1S/C11H14N4O3/c16-9-1-2-13-11(14-6-9)15-8-3-7(10(17)18)4-12-5-8/h3-5,9,16H,1-2,6H2,(H,17,18)(H2,13,14,15)/t9-/m1/s1. The third-order valence-corrected chi connectivity index (χ3v) is 2.48. The fourth-order valence-corrected chi connectivity index (χ4v) is 1.55. The van der Waals surface area contributed by atoms with Crippen LogP contribution in [0.4, 0.5) is 5.69 Å². The Morgan fingerprint density at radius 3 is 3.11 bits per heavy atom. The number of hydrogen-bond donors (Lipinski definition) is 4. The van der Waals surface area contributed by atoms with Crippen molar-refractivity contribution in [2.45, 2.75) is 12.5 Å². The van der Waals surface area contributed by atoms with Crippen molar-refractivity contribution in [2.24, 2.45) is 4.99 Å². The molecule has 1 atom stereocenters. The second-order valence-electron chi connectivity index (χ2n) is 3.95. The molecule has 0 spiro atoms. The number of hydrogen-bond acceptors (Lipinski definition) is 6. The van der Waals surface area contributed by atoms with Gasteiger partial charge in [-0.1, -0.05) is 0 Å². The molecule has 0 bridgehead atoms. The van der Waals surface area contributed by atoms with Crippen molar-refractivity contribution in [3.63, 3.8) is 0 Å². The fraction of sp³-hybridized carbons (Fsp3) is 0.364. The average molecular weight is 250 g/mol. The van der Waals surface area contributed by atoms with Gasteiger partial charge < -0.3 is 20.8 Å². The van der Waals surface area contributed by atoms with Crippen LogP contribution in [0.3, 0.4) is 0 Å². The van der Waals surface area contributed by atoms with Crippen molar-refractivity contribution < 1.29 is 15.0 Å². The Morgan fingerprint density at radius 2 is 2.33 bits per heavy atom. The van der Waals surface area contributed by atoms with Crippen LogP contribution in [-0.4, -0.2) is 46.3 Å². The number of carboxylic acid groups (broad SMARTS) is 1. The Morgan fingerprint density at radius 1 is 1.50 bits per heavy atom. The fourth-order valence-electron chi connectivity index (χ4n) is 1.55. The highest BCUT2D eigenvalue weighted by Gasteiger charge is 2.11. The Hall–Kier alpha value is -2.15. The predicted molar refractivity (Wildman–Crippen MR) is 65.7 cm³/mol. The minimum absolute atomic E-state index is 0.106. The number of nitrogens with zero attached hydrogens (tertiary/aromatic N) is 2. The van der Waals surface area contributed by atoms with Gasteiger partial charge in [0.05, 0.1) is 30.1 Å². The molecule has 2 rings (SSSR count). The Labute approximate surface area is 104 Å². The highest BCUT2D eigenvalue weighted by molar-refractivity contribution is 5.95. The number of aliphatic hydroxyl groups is 1. The summed E-state index contributed by atoms with van der Waals surface area (Å²) in [6.45, 7) is 0.931. The molecule has 0 saturated carbocycles. The first-order chi connectivity index (χ1) is 8.65. The number of carbonyl (C=O) groups is 1. The zero-order valence-electron chi connectivity index (χ0n) is 9.63. The minimum atomic E-state index is -1.03. The monoisotopic (exact) mass is 250 g/mol. The lowest BCUT2D eigenvalue weighted by Gasteiger charge is -2.09. The molecule has 1 aliphatic rings. The van der Waals surface area contributed by atoms with Crippen LogP contribution in [0.1, 0.15) is 16.8 Å². The van der Waals surface area contributed by atoms with E-state index in [0.29, 0.717) is 31.2 Å². The summed E-state index contributed by atoms with van der Waals surface area (Å²) < 4.78 is 0. The molecule has 0 radical (unpaired) electrons. The summed E-state index contributed by atoms with van der Waals surface area (Å²) in [7, 11) is 0. The highest BCUT2D eigenvalue weighted by atomic mass is 16.4. The van der Waals surface area contributed by atoms with Gasteiger partial charge in [-0.2, -0.15) is 0 Å². The molecule has 7 heteroatoms. The molecule has 0 unspecified atom stereocenters. The lowest BCUT2D eigenvalue weighted by molar-refractivity contribution is 0.0696. The highest BCUT2D eigenvalue weighted by Crippen LogP contribution is 2.08. The SMILES string of the molecule is O=C(O)c1cncc(NC2=NC[C@H](O)CCN2)c1. The number of carboxylic acids is 1. The maximum absolute atomic E-state index is 10.8. The summed E-state index contributed by atoms with van der Waals surface area (Å²) in [5, 5.41) is 24.2. The number of anilines is 1. The van der Waals surface area contributed by atoms with Gasteiger partial charge in [0.2, 0.25) is 0 Å². The van der Waals surface area contributed by atoms with E-state index in [4.69, 9.17) is 5.11 Å². The summed E-state index contributed by atoms with van der Waals surface area (Å²) >= 11 is 0. The van der Waals surface area contributed by atoms with E-state index >= 15 is 0 Å². The van der Waals surface area contributed by atoms with E-state index in [2.05, 4.69) is 20.6 Å². The van der Waals surface area contributed by atoms with Crippen LogP contribution in [0.15, 0.2) is 23.5 Å². The molecule has 4 N–H and O–H groups in total. The van der Waals surface area contributed by atoms with Crippen molar-refractivity contribution >= 4 is 17.6 Å². The third kappa shape index (κ3) is 3.17. The lowest BCUT2D eigenvalue weighted by Crippen LogP contribution is -2.30. The number of rotatable bonds is 2. The van der Waals surface area contributed by atoms with Crippen LogP contribution < -0.4 is 10.6 Å².